The van der Waals surface area contributed by atoms with Crippen LogP contribution in [0.3, 0.4) is 0 Å². The van der Waals surface area contributed by atoms with Crippen molar-refractivity contribution < 1.29 is 0 Å². The normalized spacial score (nSPS) is 16.4. The lowest BCUT2D eigenvalue weighted by atomic mass is 10.2. The Morgan fingerprint density at radius 3 is 2.63 bits per heavy atom. The van der Waals surface area contributed by atoms with E-state index in [4.69, 9.17) is 0 Å². The molecular formula is C15H26N4. The highest BCUT2D eigenvalue weighted by molar-refractivity contribution is 5.53. The maximum Gasteiger partial charge on any atom is 0.0548 e. The van der Waals surface area contributed by atoms with Crippen LogP contribution >= 0.6 is 0 Å². The Morgan fingerprint density at radius 2 is 2.00 bits per heavy atom. The third kappa shape index (κ3) is 4.39. The minimum Gasteiger partial charge on any atom is -0.384 e. The van der Waals surface area contributed by atoms with Gasteiger partial charge in [0.1, 0.15) is 0 Å². The van der Waals surface area contributed by atoms with Crippen LogP contribution in [0.15, 0.2) is 18.5 Å². The summed E-state index contributed by atoms with van der Waals surface area (Å²) >= 11 is 0. The summed E-state index contributed by atoms with van der Waals surface area (Å²) < 4.78 is 0. The first-order valence-corrected chi connectivity index (χ1v) is 7.35. The predicted octanol–water partition coefficient (Wildman–Crippen LogP) is 2.80. The molecule has 0 spiro atoms. The van der Waals surface area contributed by atoms with Gasteiger partial charge in [0.05, 0.1) is 23.8 Å². The molecule has 1 aromatic rings. The van der Waals surface area contributed by atoms with Gasteiger partial charge in [0, 0.05) is 25.2 Å². The maximum atomic E-state index is 4.27. The molecule has 0 amide bonds. The van der Waals surface area contributed by atoms with Gasteiger partial charge < -0.3 is 10.6 Å². The molecule has 1 fully saturated rings. The van der Waals surface area contributed by atoms with Gasteiger partial charge in [-0.3, -0.25) is 9.88 Å². The first kappa shape index (κ1) is 14.1. The number of aromatic nitrogens is 1. The van der Waals surface area contributed by atoms with Crippen molar-refractivity contribution in [2.24, 2.45) is 0 Å². The largest absolute Gasteiger partial charge is 0.384 e. The summed E-state index contributed by atoms with van der Waals surface area (Å²) in [6.07, 6.45) is 7.61. The van der Waals surface area contributed by atoms with E-state index in [1.54, 1.807) is 0 Å². The molecule has 1 aliphatic carbocycles. The molecule has 0 aromatic carbocycles. The molecule has 1 aliphatic rings. The molecule has 0 bridgehead atoms. The van der Waals surface area contributed by atoms with Gasteiger partial charge in [-0.15, -0.1) is 0 Å². The molecule has 0 aliphatic heterocycles. The van der Waals surface area contributed by atoms with Gasteiger partial charge in [0.2, 0.25) is 0 Å². The quantitative estimate of drug-likeness (QED) is 0.756. The van der Waals surface area contributed by atoms with Gasteiger partial charge in [-0.2, -0.15) is 0 Å². The summed E-state index contributed by atoms with van der Waals surface area (Å²) in [7, 11) is 2.22. The van der Waals surface area contributed by atoms with Crippen LogP contribution in [0.5, 0.6) is 0 Å². The van der Waals surface area contributed by atoms with Gasteiger partial charge in [-0.25, -0.2) is 0 Å². The van der Waals surface area contributed by atoms with E-state index in [2.05, 4.69) is 47.5 Å². The third-order valence-electron chi connectivity index (χ3n) is 3.74. The molecule has 0 saturated heterocycles. The lowest BCUT2D eigenvalue weighted by molar-refractivity contribution is 0.257. The first-order valence-electron chi connectivity index (χ1n) is 7.35. The van der Waals surface area contributed by atoms with Crippen LogP contribution in [0, 0.1) is 0 Å². The average molecular weight is 262 g/mol. The summed E-state index contributed by atoms with van der Waals surface area (Å²) in [5, 5.41) is 6.84. The van der Waals surface area contributed by atoms with Crippen molar-refractivity contribution in [1.29, 1.82) is 0 Å². The number of nitrogens with zero attached hydrogens (tertiary/aromatic N) is 2. The molecule has 2 N–H and O–H groups in total. The molecule has 2 rings (SSSR count). The van der Waals surface area contributed by atoms with E-state index in [9.17, 15) is 0 Å². The second-order valence-corrected chi connectivity index (χ2v) is 5.52. The average Bonchev–Trinajstić information content (AvgIpc) is 3.26. The lowest BCUT2D eigenvalue weighted by Gasteiger charge is -2.25. The Balaban J connectivity index is 1.81. The van der Waals surface area contributed by atoms with E-state index in [0.717, 1.165) is 36.9 Å². The minimum atomic E-state index is 0.555. The van der Waals surface area contributed by atoms with Crippen molar-refractivity contribution in [3.63, 3.8) is 0 Å². The van der Waals surface area contributed by atoms with E-state index in [-0.39, 0.29) is 0 Å². The molecule has 19 heavy (non-hydrogen) atoms. The van der Waals surface area contributed by atoms with E-state index in [1.807, 2.05) is 12.4 Å². The highest BCUT2D eigenvalue weighted by Crippen LogP contribution is 2.27. The Kier molecular flexibility index (Phi) is 5.02. The number of nitrogens with one attached hydrogen (secondary N) is 2. The van der Waals surface area contributed by atoms with Crippen molar-refractivity contribution in [1.82, 2.24) is 9.88 Å². The molecule has 4 nitrogen and oxygen atoms in total. The van der Waals surface area contributed by atoms with Gasteiger partial charge in [0.15, 0.2) is 0 Å². The van der Waals surface area contributed by atoms with Crippen molar-refractivity contribution in [3.05, 3.63) is 18.5 Å². The molecular weight excluding hydrogens is 236 g/mol. The van der Waals surface area contributed by atoms with Crippen molar-refractivity contribution >= 4 is 11.4 Å². The first-order chi connectivity index (χ1) is 9.20. The summed E-state index contributed by atoms with van der Waals surface area (Å²) in [6, 6.07) is 3.50. The molecule has 1 heterocycles. The van der Waals surface area contributed by atoms with Crippen LogP contribution in [0.2, 0.25) is 0 Å². The molecule has 0 radical (unpaired) electrons. The SMILES string of the molecule is CCCNc1cncc(NCC(C)N(C)C2CC2)c1. The highest BCUT2D eigenvalue weighted by Gasteiger charge is 2.28. The van der Waals surface area contributed by atoms with Gasteiger partial charge in [0.25, 0.3) is 0 Å². The highest BCUT2D eigenvalue weighted by atomic mass is 15.2. The number of hydrogen-bond acceptors (Lipinski definition) is 4. The third-order valence-corrected chi connectivity index (χ3v) is 3.74. The van der Waals surface area contributed by atoms with Crippen LogP contribution < -0.4 is 10.6 Å². The Hall–Kier alpha value is -1.29. The predicted molar refractivity (Wildman–Crippen MR) is 81.8 cm³/mol. The monoisotopic (exact) mass is 262 g/mol. The fraction of sp³-hybridized carbons (Fsp3) is 0.667. The smallest absolute Gasteiger partial charge is 0.0548 e. The summed E-state index contributed by atoms with van der Waals surface area (Å²) in [5.74, 6) is 0. The summed E-state index contributed by atoms with van der Waals surface area (Å²) in [4.78, 5) is 6.74. The molecule has 4 heteroatoms. The zero-order valence-electron chi connectivity index (χ0n) is 12.3. The van der Waals surface area contributed by atoms with Crippen molar-refractivity contribution in [2.45, 2.75) is 45.2 Å². The second kappa shape index (κ2) is 6.75. The fourth-order valence-corrected chi connectivity index (χ4v) is 2.15. The van der Waals surface area contributed by atoms with E-state index in [0.29, 0.717) is 6.04 Å². The Bertz CT molecular complexity index is 389. The zero-order chi connectivity index (χ0) is 13.7. The van der Waals surface area contributed by atoms with Gasteiger partial charge in [-0.1, -0.05) is 6.92 Å². The molecule has 106 valence electrons. The number of pyridine rings is 1. The fourth-order valence-electron chi connectivity index (χ4n) is 2.15. The number of anilines is 2. The standard InChI is InChI=1S/C15H26N4/c1-4-7-17-13-8-14(11-16-10-13)18-9-12(2)19(3)15-5-6-15/h8,10-12,15,17-18H,4-7,9H2,1-3H3. The topological polar surface area (TPSA) is 40.2 Å². The van der Waals surface area contributed by atoms with Crippen LogP contribution in [0.4, 0.5) is 11.4 Å². The van der Waals surface area contributed by atoms with E-state index >= 15 is 0 Å². The van der Waals surface area contributed by atoms with Crippen molar-refractivity contribution in [2.75, 3.05) is 30.8 Å². The van der Waals surface area contributed by atoms with Crippen molar-refractivity contribution in [3.8, 4) is 0 Å². The molecule has 1 saturated carbocycles. The van der Waals surface area contributed by atoms with E-state index in [1.165, 1.54) is 12.8 Å². The van der Waals surface area contributed by atoms with E-state index < -0.39 is 0 Å². The lowest BCUT2D eigenvalue weighted by Crippen LogP contribution is -2.36. The second-order valence-electron chi connectivity index (χ2n) is 5.52. The summed E-state index contributed by atoms with van der Waals surface area (Å²) in [6.45, 7) is 6.40. The number of hydrogen-bond donors (Lipinski definition) is 2. The van der Waals surface area contributed by atoms with Gasteiger partial charge in [-0.05, 0) is 39.3 Å². The van der Waals surface area contributed by atoms with Crippen LogP contribution in [-0.2, 0) is 0 Å². The van der Waals surface area contributed by atoms with Gasteiger partial charge >= 0.3 is 0 Å². The van der Waals surface area contributed by atoms with Crippen LogP contribution in [0.1, 0.15) is 33.1 Å². The zero-order valence-corrected chi connectivity index (χ0v) is 12.3. The number of likely N-dealkylation sites (N-methyl/N-ethyl adjacent to an activating group) is 1. The molecule has 1 unspecified atom stereocenters. The summed E-state index contributed by atoms with van der Waals surface area (Å²) in [5.41, 5.74) is 2.19. The maximum absolute atomic E-state index is 4.27. The number of rotatable bonds is 8. The molecule has 1 aromatic heterocycles. The van der Waals surface area contributed by atoms with Crippen LogP contribution in [0.25, 0.3) is 0 Å². The minimum absolute atomic E-state index is 0.555. The Labute approximate surface area is 116 Å². The van der Waals surface area contributed by atoms with Crippen LogP contribution in [-0.4, -0.2) is 42.1 Å². The Morgan fingerprint density at radius 1 is 1.32 bits per heavy atom. The molecule has 1 atom stereocenters.